The normalized spacial score (nSPS) is 18.6. The Balaban J connectivity index is 1.31. The molecule has 0 unspecified atom stereocenters. The highest BCUT2D eigenvalue weighted by Crippen LogP contribution is 2.31. The molecule has 1 fully saturated rings. The van der Waals surface area contributed by atoms with Crippen molar-refractivity contribution in [1.29, 1.82) is 0 Å². The lowest BCUT2D eigenvalue weighted by molar-refractivity contribution is -0.125. The van der Waals surface area contributed by atoms with Crippen LogP contribution in [0.5, 0.6) is 0 Å². The average Bonchev–Trinajstić information content (AvgIpc) is 3.13. The zero-order chi connectivity index (χ0) is 21.5. The number of nitrogens with zero attached hydrogens (tertiary/aromatic N) is 3. The third kappa shape index (κ3) is 3.42. The number of likely N-dealkylation sites (tertiary alicyclic amines) is 1. The number of imidazole rings is 1. The van der Waals surface area contributed by atoms with Gasteiger partial charge in [0, 0.05) is 19.1 Å². The van der Waals surface area contributed by atoms with Gasteiger partial charge in [0.25, 0.3) is 0 Å². The van der Waals surface area contributed by atoms with Gasteiger partial charge >= 0.3 is 5.69 Å². The molecular formula is C23H25N5O3. The minimum atomic E-state index is -0.348. The smallest absolute Gasteiger partial charge is 0.323 e. The Morgan fingerprint density at radius 3 is 2.55 bits per heavy atom. The van der Waals surface area contributed by atoms with Crippen LogP contribution in [0.25, 0.3) is 11.0 Å². The molecule has 2 aliphatic rings. The number of aromatic nitrogens is 2. The topological polar surface area (TPSA) is 90.4 Å². The first-order valence-corrected chi connectivity index (χ1v) is 10.7. The third-order valence-corrected chi connectivity index (χ3v) is 6.43. The number of carbonyl (C=O) groups is 2. The molecule has 0 bridgehead atoms. The Hall–Kier alpha value is -3.39. The van der Waals surface area contributed by atoms with Crippen LogP contribution in [0.3, 0.4) is 0 Å². The van der Waals surface area contributed by atoms with Gasteiger partial charge in [-0.2, -0.15) is 0 Å². The van der Waals surface area contributed by atoms with Crippen molar-refractivity contribution in [2.45, 2.75) is 31.8 Å². The van der Waals surface area contributed by atoms with E-state index >= 15 is 0 Å². The van der Waals surface area contributed by atoms with Gasteiger partial charge in [-0.05, 0) is 44.0 Å². The third-order valence-electron chi connectivity index (χ3n) is 6.43. The highest BCUT2D eigenvalue weighted by Gasteiger charge is 2.34. The van der Waals surface area contributed by atoms with Gasteiger partial charge < -0.3 is 10.3 Å². The summed E-state index contributed by atoms with van der Waals surface area (Å²) in [6, 6.07) is 14.9. The first kappa shape index (κ1) is 19.6. The molecule has 2 aliphatic heterocycles. The number of benzene rings is 2. The second-order valence-electron chi connectivity index (χ2n) is 8.25. The molecule has 3 heterocycles. The number of anilines is 2. The standard InChI is InChI=1S/C23H25N5O3/c1-15(22(30)27-14-21(29)24-17-6-2-4-8-19(17)27)26-12-10-16(11-13-26)28-20-9-5-3-7-18(20)25-23(28)31/h2-9,15-16H,10-14H2,1H3,(H,24,29)(H,25,31)/t15-/m0/s1. The van der Waals surface area contributed by atoms with Gasteiger partial charge in [0.05, 0.1) is 28.5 Å². The van der Waals surface area contributed by atoms with Crippen LogP contribution in [0.4, 0.5) is 11.4 Å². The molecule has 160 valence electrons. The van der Waals surface area contributed by atoms with E-state index in [1.54, 1.807) is 4.90 Å². The molecule has 0 radical (unpaired) electrons. The molecule has 2 N–H and O–H groups in total. The zero-order valence-corrected chi connectivity index (χ0v) is 17.4. The minimum absolute atomic E-state index is 0.0292. The van der Waals surface area contributed by atoms with Crippen LogP contribution in [0.2, 0.25) is 0 Å². The van der Waals surface area contributed by atoms with Crippen LogP contribution in [-0.2, 0) is 9.59 Å². The van der Waals surface area contributed by atoms with Crippen molar-refractivity contribution in [2.75, 3.05) is 29.9 Å². The first-order valence-electron chi connectivity index (χ1n) is 10.7. The lowest BCUT2D eigenvalue weighted by Crippen LogP contribution is -2.53. The molecule has 2 aromatic carbocycles. The van der Waals surface area contributed by atoms with E-state index in [4.69, 9.17) is 0 Å². The maximum absolute atomic E-state index is 13.3. The molecule has 0 spiro atoms. The molecule has 31 heavy (non-hydrogen) atoms. The fourth-order valence-corrected chi connectivity index (χ4v) is 4.78. The van der Waals surface area contributed by atoms with Gasteiger partial charge in [-0.1, -0.05) is 24.3 Å². The number of carbonyl (C=O) groups excluding carboxylic acids is 2. The zero-order valence-electron chi connectivity index (χ0n) is 17.4. The number of hydrogen-bond donors (Lipinski definition) is 2. The fourth-order valence-electron chi connectivity index (χ4n) is 4.78. The summed E-state index contributed by atoms with van der Waals surface area (Å²) in [5.41, 5.74) is 3.09. The van der Waals surface area contributed by atoms with E-state index in [0.717, 1.165) is 29.6 Å². The molecule has 1 saturated heterocycles. The summed E-state index contributed by atoms with van der Waals surface area (Å²) in [7, 11) is 0. The molecule has 1 atom stereocenters. The Morgan fingerprint density at radius 1 is 1.03 bits per heavy atom. The van der Waals surface area contributed by atoms with E-state index in [9.17, 15) is 14.4 Å². The summed E-state index contributed by atoms with van der Waals surface area (Å²) in [6.45, 7) is 3.35. The van der Waals surface area contributed by atoms with Gasteiger partial charge in [0.15, 0.2) is 0 Å². The quantitative estimate of drug-likeness (QED) is 0.682. The summed E-state index contributed by atoms with van der Waals surface area (Å²) in [4.78, 5) is 44.6. The number of hydrogen-bond acceptors (Lipinski definition) is 4. The average molecular weight is 419 g/mol. The van der Waals surface area contributed by atoms with E-state index < -0.39 is 0 Å². The molecule has 8 nitrogen and oxygen atoms in total. The predicted molar refractivity (Wildman–Crippen MR) is 119 cm³/mol. The molecule has 8 heteroatoms. The molecule has 2 amide bonds. The van der Waals surface area contributed by atoms with Crippen molar-refractivity contribution >= 4 is 34.2 Å². The Labute approximate surface area is 179 Å². The second kappa shape index (κ2) is 7.70. The number of aromatic amines is 1. The summed E-state index contributed by atoms with van der Waals surface area (Å²) >= 11 is 0. The van der Waals surface area contributed by atoms with Crippen LogP contribution in [0.15, 0.2) is 53.3 Å². The van der Waals surface area contributed by atoms with Crippen LogP contribution in [-0.4, -0.2) is 51.9 Å². The Bertz CT molecular complexity index is 1210. The van der Waals surface area contributed by atoms with Crippen molar-refractivity contribution < 1.29 is 9.59 Å². The highest BCUT2D eigenvalue weighted by atomic mass is 16.2. The maximum Gasteiger partial charge on any atom is 0.326 e. The number of rotatable bonds is 3. The van der Waals surface area contributed by atoms with Crippen molar-refractivity contribution in [1.82, 2.24) is 14.5 Å². The summed E-state index contributed by atoms with van der Waals surface area (Å²) < 4.78 is 1.85. The fraction of sp³-hybridized carbons (Fsp3) is 0.348. The van der Waals surface area contributed by atoms with Crippen molar-refractivity contribution in [3.8, 4) is 0 Å². The number of amides is 2. The minimum Gasteiger partial charge on any atom is -0.323 e. The molecular weight excluding hydrogens is 394 g/mol. The monoisotopic (exact) mass is 419 g/mol. The highest BCUT2D eigenvalue weighted by molar-refractivity contribution is 6.11. The molecule has 3 aromatic rings. The van der Waals surface area contributed by atoms with E-state index in [1.807, 2.05) is 60.0 Å². The van der Waals surface area contributed by atoms with Crippen molar-refractivity contribution in [2.24, 2.45) is 0 Å². The molecule has 5 rings (SSSR count). The lowest BCUT2D eigenvalue weighted by Gasteiger charge is -2.38. The maximum atomic E-state index is 13.3. The van der Waals surface area contributed by atoms with E-state index in [2.05, 4.69) is 15.2 Å². The van der Waals surface area contributed by atoms with Gasteiger partial charge in [-0.15, -0.1) is 0 Å². The van der Waals surface area contributed by atoms with Gasteiger partial charge in [-0.3, -0.25) is 24.0 Å². The molecule has 0 saturated carbocycles. The van der Waals surface area contributed by atoms with Gasteiger partial charge in [-0.25, -0.2) is 4.79 Å². The first-order chi connectivity index (χ1) is 15.0. The lowest BCUT2D eigenvalue weighted by atomic mass is 10.0. The van der Waals surface area contributed by atoms with Crippen LogP contribution in [0, 0.1) is 0 Å². The Morgan fingerprint density at radius 2 is 1.74 bits per heavy atom. The largest absolute Gasteiger partial charge is 0.326 e. The van der Waals surface area contributed by atoms with E-state index in [0.29, 0.717) is 18.8 Å². The van der Waals surface area contributed by atoms with Crippen molar-refractivity contribution in [3.05, 3.63) is 59.0 Å². The van der Waals surface area contributed by atoms with Crippen LogP contribution < -0.4 is 15.9 Å². The summed E-state index contributed by atoms with van der Waals surface area (Å²) in [6.07, 6.45) is 1.58. The summed E-state index contributed by atoms with van der Waals surface area (Å²) in [5.74, 6) is -0.262. The number of H-pyrrole nitrogens is 1. The second-order valence-corrected chi connectivity index (χ2v) is 8.25. The van der Waals surface area contributed by atoms with E-state index in [-0.39, 0.29) is 36.1 Å². The van der Waals surface area contributed by atoms with Crippen molar-refractivity contribution in [3.63, 3.8) is 0 Å². The number of para-hydroxylation sites is 4. The number of piperidine rings is 1. The predicted octanol–water partition coefficient (Wildman–Crippen LogP) is 2.34. The number of fused-ring (bicyclic) bond motifs is 2. The van der Waals surface area contributed by atoms with E-state index in [1.165, 1.54) is 0 Å². The molecule has 1 aromatic heterocycles. The molecule has 0 aliphatic carbocycles. The number of nitrogens with one attached hydrogen (secondary N) is 2. The van der Waals surface area contributed by atoms with Gasteiger partial charge in [0.2, 0.25) is 11.8 Å². The SMILES string of the molecule is C[C@@H](C(=O)N1CC(=O)Nc2ccccc21)N1CCC(n2c(=O)[nH]c3ccccc32)CC1. The van der Waals surface area contributed by atoms with Crippen LogP contribution in [0.1, 0.15) is 25.8 Å². The summed E-state index contributed by atoms with van der Waals surface area (Å²) in [5, 5.41) is 2.82. The van der Waals surface area contributed by atoms with Crippen LogP contribution >= 0.6 is 0 Å². The Kier molecular flexibility index (Phi) is 4.86. The van der Waals surface area contributed by atoms with Gasteiger partial charge in [0.1, 0.15) is 6.54 Å².